The largest absolute Gasteiger partial charge is 0.508 e. The Labute approximate surface area is 129 Å². The number of phenolic OH excluding ortho intramolecular Hbond substituents is 1. The van der Waals surface area contributed by atoms with Crippen LogP contribution in [0.15, 0.2) is 54.6 Å². The third-order valence-electron chi connectivity index (χ3n) is 3.22. The van der Waals surface area contributed by atoms with Crippen molar-refractivity contribution in [3.05, 3.63) is 65.7 Å². The van der Waals surface area contributed by atoms with Gasteiger partial charge in [-0.25, -0.2) is 0 Å². The van der Waals surface area contributed by atoms with Crippen LogP contribution in [0.1, 0.15) is 11.1 Å². The number of alkyl halides is 1. The van der Waals surface area contributed by atoms with Crippen LogP contribution in [-0.2, 0) is 17.6 Å². The predicted octanol–water partition coefficient (Wildman–Crippen LogP) is 2.90. The van der Waals surface area contributed by atoms with E-state index in [0.29, 0.717) is 17.9 Å². The van der Waals surface area contributed by atoms with Crippen LogP contribution in [0, 0.1) is 0 Å². The van der Waals surface area contributed by atoms with Crippen LogP contribution in [0.25, 0.3) is 0 Å². The average Bonchev–Trinajstić information content (AvgIpc) is 2.50. The number of benzene rings is 2. The van der Waals surface area contributed by atoms with Gasteiger partial charge in [0.25, 0.3) is 0 Å². The fourth-order valence-corrected chi connectivity index (χ4v) is 2.34. The second-order valence-corrected chi connectivity index (χ2v) is 5.22. The maximum absolute atomic E-state index is 12.0. The number of carbonyl (C=O) groups is 1. The summed E-state index contributed by atoms with van der Waals surface area (Å²) < 4.78 is 0. The summed E-state index contributed by atoms with van der Waals surface area (Å²) in [5, 5.41) is 12.6. The van der Waals surface area contributed by atoms with Crippen LogP contribution in [0.4, 0.5) is 0 Å². The molecule has 0 bridgehead atoms. The van der Waals surface area contributed by atoms with Crippen molar-refractivity contribution in [2.24, 2.45) is 0 Å². The van der Waals surface area contributed by atoms with E-state index in [9.17, 15) is 9.90 Å². The lowest BCUT2D eigenvalue weighted by Crippen LogP contribution is -2.38. The van der Waals surface area contributed by atoms with Crippen LogP contribution in [0.5, 0.6) is 5.75 Å². The molecular formula is C17H18ClNO2. The molecule has 110 valence electrons. The van der Waals surface area contributed by atoms with Gasteiger partial charge in [0, 0.05) is 17.5 Å². The zero-order valence-electron chi connectivity index (χ0n) is 11.6. The van der Waals surface area contributed by atoms with Crippen LogP contribution in [0.3, 0.4) is 0 Å². The number of amides is 1. The Balaban J connectivity index is 1.92. The van der Waals surface area contributed by atoms with Crippen molar-refractivity contribution in [1.82, 2.24) is 5.32 Å². The third-order valence-corrected chi connectivity index (χ3v) is 3.59. The molecule has 4 heteroatoms. The Bertz CT molecular complexity index is 586. The standard InChI is InChI=1S/C17H18ClNO2/c18-12-15(10-13-6-2-1-3-7-13)19-17(21)11-14-8-4-5-9-16(14)20/h1-9,15,20H,10-12H2,(H,19,21). The summed E-state index contributed by atoms with van der Waals surface area (Å²) in [6, 6.07) is 16.6. The molecule has 0 aliphatic rings. The number of nitrogens with one attached hydrogen (secondary N) is 1. The molecule has 0 heterocycles. The van der Waals surface area contributed by atoms with Gasteiger partial charge in [0.2, 0.25) is 5.91 Å². The zero-order valence-corrected chi connectivity index (χ0v) is 12.4. The number of rotatable bonds is 6. The molecule has 1 amide bonds. The number of aromatic hydroxyl groups is 1. The molecule has 0 radical (unpaired) electrons. The normalized spacial score (nSPS) is 11.9. The van der Waals surface area contributed by atoms with Crippen molar-refractivity contribution >= 4 is 17.5 Å². The lowest BCUT2D eigenvalue weighted by molar-refractivity contribution is -0.121. The molecule has 0 spiro atoms. The second-order valence-electron chi connectivity index (χ2n) is 4.91. The molecule has 1 atom stereocenters. The minimum absolute atomic E-state index is 0.118. The first kappa shape index (κ1) is 15.4. The first-order valence-corrected chi connectivity index (χ1v) is 7.38. The molecule has 1 unspecified atom stereocenters. The fraction of sp³-hybridized carbons (Fsp3) is 0.235. The van der Waals surface area contributed by atoms with E-state index in [2.05, 4.69) is 5.32 Å². The maximum Gasteiger partial charge on any atom is 0.224 e. The maximum atomic E-state index is 12.0. The van der Waals surface area contributed by atoms with Gasteiger partial charge >= 0.3 is 0 Å². The van der Waals surface area contributed by atoms with Crippen molar-refractivity contribution in [3.8, 4) is 5.75 Å². The Morgan fingerprint density at radius 2 is 1.76 bits per heavy atom. The minimum atomic E-state index is -0.141. The average molecular weight is 304 g/mol. The summed E-state index contributed by atoms with van der Waals surface area (Å²) in [5.74, 6) is 0.345. The van der Waals surface area contributed by atoms with E-state index in [-0.39, 0.29) is 24.1 Å². The molecule has 2 rings (SSSR count). The van der Waals surface area contributed by atoms with E-state index in [0.717, 1.165) is 5.56 Å². The molecule has 2 N–H and O–H groups in total. The van der Waals surface area contributed by atoms with E-state index >= 15 is 0 Å². The lowest BCUT2D eigenvalue weighted by Gasteiger charge is -2.16. The Kier molecular flexibility index (Phi) is 5.64. The van der Waals surface area contributed by atoms with Crippen molar-refractivity contribution in [2.45, 2.75) is 18.9 Å². The fourth-order valence-electron chi connectivity index (χ4n) is 2.15. The summed E-state index contributed by atoms with van der Waals surface area (Å²) in [6.07, 6.45) is 0.839. The van der Waals surface area contributed by atoms with Crippen LogP contribution >= 0.6 is 11.6 Å². The third kappa shape index (κ3) is 4.80. The van der Waals surface area contributed by atoms with Gasteiger partial charge in [-0.15, -0.1) is 11.6 Å². The number of hydrogen-bond acceptors (Lipinski definition) is 2. The van der Waals surface area contributed by atoms with Crippen molar-refractivity contribution < 1.29 is 9.90 Å². The molecule has 0 aliphatic carbocycles. The molecular weight excluding hydrogens is 286 g/mol. The summed E-state index contributed by atoms with van der Waals surface area (Å²) in [5.41, 5.74) is 1.74. The monoisotopic (exact) mass is 303 g/mol. The van der Waals surface area contributed by atoms with Crippen LogP contribution in [-0.4, -0.2) is 22.9 Å². The van der Waals surface area contributed by atoms with Gasteiger partial charge < -0.3 is 10.4 Å². The summed E-state index contributed by atoms with van der Waals surface area (Å²) in [4.78, 5) is 12.0. The van der Waals surface area contributed by atoms with Gasteiger partial charge in [0.15, 0.2) is 0 Å². The number of phenols is 1. The highest BCUT2D eigenvalue weighted by atomic mass is 35.5. The van der Waals surface area contributed by atoms with Gasteiger partial charge in [-0.05, 0) is 18.1 Å². The Morgan fingerprint density at radius 3 is 2.43 bits per heavy atom. The van der Waals surface area contributed by atoms with Crippen molar-refractivity contribution in [2.75, 3.05) is 5.88 Å². The molecule has 3 nitrogen and oxygen atoms in total. The molecule has 0 saturated heterocycles. The van der Waals surface area contributed by atoms with E-state index in [4.69, 9.17) is 11.6 Å². The van der Waals surface area contributed by atoms with E-state index in [1.807, 2.05) is 30.3 Å². The van der Waals surface area contributed by atoms with Crippen LogP contribution in [0.2, 0.25) is 0 Å². The zero-order chi connectivity index (χ0) is 15.1. The highest BCUT2D eigenvalue weighted by Gasteiger charge is 2.13. The number of carbonyl (C=O) groups excluding carboxylic acids is 1. The molecule has 0 saturated carbocycles. The Hall–Kier alpha value is -2.00. The van der Waals surface area contributed by atoms with E-state index < -0.39 is 0 Å². The lowest BCUT2D eigenvalue weighted by atomic mass is 10.1. The van der Waals surface area contributed by atoms with Gasteiger partial charge in [0.05, 0.1) is 6.42 Å². The molecule has 0 fully saturated rings. The first-order valence-electron chi connectivity index (χ1n) is 6.85. The highest BCUT2D eigenvalue weighted by Crippen LogP contribution is 2.16. The first-order chi connectivity index (χ1) is 10.2. The van der Waals surface area contributed by atoms with Crippen molar-refractivity contribution in [1.29, 1.82) is 0 Å². The highest BCUT2D eigenvalue weighted by molar-refractivity contribution is 6.18. The predicted molar refractivity (Wildman–Crippen MR) is 84.6 cm³/mol. The second kappa shape index (κ2) is 7.70. The van der Waals surface area contributed by atoms with Gasteiger partial charge in [-0.2, -0.15) is 0 Å². The molecule has 0 aromatic heterocycles. The summed E-state index contributed by atoms with van der Waals surface area (Å²) in [7, 11) is 0. The quantitative estimate of drug-likeness (QED) is 0.806. The van der Waals surface area contributed by atoms with E-state index in [1.54, 1.807) is 24.3 Å². The summed E-state index contributed by atoms with van der Waals surface area (Å²) >= 11 is 5.93. The van der Waals surface area contributed by atoms with Gasteiger partial charge in [-0.1, -0.05) is 48.5 Å². The van der Waals surface area contributed by atoms with Gasteiger partial charge in [0.1, 0.15) is 5.75 Å². The van der Waals surface area contributed by atoms with E-state index in [1.165, 1.54) is 0 Å². The molecule has 2 aromatic rings. The number of halogens is 1. The molecule has 2 aromatic carbocycles. The SMILES string of the molecule is O=C(Cc1ccccc1O)NC(CCl)Cc1ccccc1. The molecule has 21 heavy (non-hydrogen) atoms. The molecule has 0 aliphatic heterocycles. The Morgan fingerprint density at radius 1 is 1.10 bits per heavy atom. The minimum Gasteiger partial charge on any atom is -0.508 e. The smallest absolute Gasteiger partial charge is 0.224 e. The number of para-hydroxylation sites is 1. The van der Waals surface area contributed by atoms with Gasteiger partial charge in [-0.3, -0.25) is 4.79 Å². The summed E-state index contributed by atoms with van der Waals surface area (Å²) in [6.45, 7) is 0. The van der Waals surface area contributed by atoms with Crippen LogP contribution < -0.4 is 5.32 Å². The topological polar surface area (TPSA) is 49.3 Å². The number of hydrogen-bond donors (Lipinski definition) is 2. The van der Waals surface area contributed by atoms with Crippen molar-refractivity contribution in [3.63, 3.8) is 0 Å².